The molecule has 0 saturated heterocycles. The number of rotatable bonds is 6. The van der Waals surface area contributed by atoms with Crippen LogP contribution in [0, 0.1) is 0 Å². The van der Waals surface area contributed by atoms with Crippen LogP contribution in [0.4, 0.5) is 0 Å². The Morgan fingerprint density at radius 3 is 1.63 bits per heavy atom. The highest BCUT2D eigenvalue weighted by atomic mass is 15.0. The smallest absolute Gasteiger partial charge is 0.160 e. The molecule has 0 aliphatic carbocycles. The van der Waals surface area contributed by atoms with Gasteiger partial charge in [-0.3, -0.25) is 0 Å². The second-order valence-corrected chi connectivity index (χ2v) is 14.4. The van der Waals surface area contributed by atoms with E-state index in [0.717, 1.165) is 83.5 Å². The van der Waals surface area contributed by atoms with E-state index in [1.165, 1.54) is 16.2 Å². The van der Waals surface area contributed by atoms with Gasteiger partial charge in [0.15, 0.2) is 5.82 Å². The zero-order chi connectivity index (χ0) is 37.7. The van der Waals surface area contributed by atoms with Crippen LogP contribution in [0.25, 0.3) is 105 Å². The quantitative estimate of drug-likeness (QED) is 0.160. The number of fused-ring (bicyclic) bond motifs is 6. The Morgan fingerprint density at radius 2 is 0.877 bits per heavy atom. The Balaban J connectivity index is 1.12. The third-order valence-corrected chi connectivity index (χ3v) is 11.0. The summed E-state index contributed by atoms with van der Waals surface area (Å²) in [4.78, 5) is 15.4. The average Bonchev–Trinajstić information content (AvgIpc) is 3.61. The van der Waals surface area contributed by atoms with Crippen LogP contribution in [0.2, 0.25) is 0 Å². The minimum atomic E-state index is 0.706. The van der Waals surface area contributed by atoms with Gasteiger partial charge in [-0.15, -0.1) is 0 Å². The minimum Gasteiger partial charge on any atom is -0.309 e. The summed E-state index contributed by atoms with van der Waals surface area (Å²) < 4.78 is 2.39. The fourth-order valence-corrected chi connectivity index (χ4v) is 8.24. The first kappa shape index (κ1) is 32.7. The van der Waals surface area contributed by atoms with Gasteiger partial charge in [0.05, 0.1) is 33.6 Å². The molecule has 57 heavy (non-hydrogen) atoms. The van der Waals surface area contributed by atoms with Gasteiger partial charge in [0, 0.05) is 49.5 Å². The molecular formula is C53H34N4. The number of hydrogen-bond donors (Lipinski definition) is 0. The predicted molar refractivity (Wildman–Crippen MR) is 236 cm³/mol. The molecule has 11 rings (SSSR count). The zero-order valence-corrected chi connectivity index (χ0v) is 30.9. The minimum absolute atomic E-state index is 0.706. The Labute approximate surface area is 330 Å². The van der Waals surface area contributed by atoms with Gasteiger partial charge >= 0.3 is 0 Å². The predicted octanol–water partition coefficient (Wildman–Crippen LogP) is 13.6. The van der Waals surface area contributed by atoms with E-state index in [1.54, 1.807) is 0 Å². The molecule has 3 heterocycles. The van der Waals surface area contributed by atoms with E-state index in [9.17, 15) is 0 Å². The first-order valence-corrected chi connectivity index (χ1v) is 19.3. The highest BCUT2D eigenvalue weighted by Crippen LogP contribution is 2.41. The SMILES string of the molecule is c1ccc(-c2cc(-c3cccc(-c4ccc5c(c4)c4cc6c(cc4n5-c4ccccc4)c(-c4ccccc4)nc4ccccc46)c3)nc(-c3ccccc3)n2)cc1. The summed E-state index contributed by atoms with van der Waals surface area (Å²) in [6.07, 6.45) is 0. The third kappa shape index (κ3) is 5.74. The average molecular weight is 727 g/mol. The first-order chi connectivity index (χ1) is 28.2. The molecule has 266 valence electrons. The molecule has 8 aromatic carbocycles. The van der Waals surface area contributed by atoms with Gasteiger partial charge in [0.25, 0.3) is 0 Å². The normalized spacial score (nSPS) is 11.5. The van der Waals surface area contributed by atoms with E-state index in [0.29, 0.717) is 5.82 Å². The van der Waals surface area contributed by atoms with E-state index >= 15 is 0 Å². The standard InChI is InChI=1S/C53H34N4/c1-5-16-35(17-6-1)48-34-49(56-53(55-48)37-20-9-3-10-21-37)40-23-15-22-38(30-40)39-28-29-50-44(31-39)45-32-43-42-26-13-14-27-47(42)54-52(36-18-7-2-8-19-36)46(43)33-51(45)57(50)41-24-11-4-12-25-41/h1-34H. The van der Waals surface area contributed by atoms with Crippen molar-refractivity contribution in [2.75, 3.05) is 0 Å². The maximum Gasteiger partial charge on any atom is 0.160 e. The first-order valence-electron chi connectivity index (χ1n) is 19.3. The molecular weight excluding hydrogens is 693 g/mol. The van der Waals surface area contributed by atoms with E-state index in [-0.39, 0.29) is 0 Å². The molecule has 3 aromatic heterocycles. The number of nitrogens with zero attached hydrogens (tertiary/aromatic N) is 4. The van der Waals surface area contributed by atoms with Crippen molar-refractivity contribution in [1.82, 2.24) is 19.5 Å². The fraction of sp³-hybridized carbons (Fsp3) is 0. The van der Waals surface area contributed by atoms with Gasteiger partial charge in [-0.05, 0) is 71.1 Å². The molecule has 0 saturated carbocycles. The van der Waals surface area contributed by atoms with Crippen molar-refractivity contribution in [3.63, 3.8) is 0 Å². The molecule has 4 heteroatoms. The summed E-state index contributed by atoms with van der Waals surface area (Å²) in [5, 5.41) is 5.87. The maximum atomic E-state index is 5.25. The zero-order valence-electron chi connectivity index (χ0n) is 30.9. The topological polar surface area (TPSA) is 43.6 Å². The maximum absolute atomic E-state index is 5.25. The summed E-state index contributed by atoms with van der Waals surface area (Å²) in [6.45, 7) is 0. The van der Waals surface area contributed by atoms with Gasteiger partial charge in [-0.25, -0.2) is 15.0 Å². The van der Waals surface area contributed by atoms with Crippen molar-refractivity contribution in [2.24, 2.45) is 0 Å². The number of pyridine rings is 1. The summed E-state index contributed by atoms with van der Waals surface area (Å²) >= 11 is 0. The van der Waals surface area contributed by atoms with Gasteiger partial charge in [-0.2, -0.15) is 0 Å². The molecule has 0 N–H and O–H groups in total. The van der Waals surface area contributed by atoms with Crippen LogP contribution in [0.1, 0.15) is 0 Å². The molecule has 4 nitrogen and oxygen atoms in total. The van der Waals surface area contributed by atoms with Gasteiger partial charge in [0.2, 0.25) is 0 Å². The number of hydrogen-bond acceptors (Lipinski definition) is 3. The molecule has 0 radical (unpaired) electrons. The number of para-hydroxylation sites is 2. The van der Waals surface area contributed by atoms with Crippen molar-refractivity contribution >= 4 is 43.5 Å². The molecule has 0 spiro atoms. The lowest BCUT2D eigenvalue weighted by atomic mass is 9.96. The molecule has 0 atom stereocenters. The van der Waals surface area contributed by atoms with Crippen LogP contribution in [-0.2, 0) is 0 Å². The van der Waals surface area contributed by atoms with Gasteiger partial charge in [0.1, 0.15) is 0 Å². The number of aromatic nitrogens is 4. The Hall–Kier alpha value is -7.69. The lowest BCUT2D eigenvalue weighted by molar-refractivity contribution is 1.18. The lowest BCUT2D eigenvalue weighted by Crippen LogP contribution is -1.96. The van der Waals surface area contributed by atoms with Crippen LogP contribution in [-0.4, -0.2) is 19.5 Å². The van der Waals surface area contributed by atoms with E-state index in [2.05, 4.69) is 187 Å². The summed E-state index contributed by atoms with van der Waals surface area (Å²) in [6, 6.07) is 72.7. The molecule has 11 aromatic rings. The summed E-state index contributed by atoms with van der Waals surface area (Å²) in [5.74, 6) is 0.706. The van der Waals surface area contributed by atoms with E-state index < -0.39 is 0 Å². The Morgan fingerprint density at radius 1 is 0.298 bits per heavy atom. The lowest BCUT2D eigenvalue weighted by Gasteiger charge is -2.12. The molecule has 0 aliphatic rings. The Bertz CT molecular complexity index is 3210. The largest absolute Gasteiger partial charge is 0.309 e. The van der Waals surface area contributed by atoms with Crippen LogP contribution in [0.5, 0.6) is 0 Å². The van der Waals surface area contributed by atoms with Crippen molar-refractivity contribution in [3.8, 4) is 62.0 Å². The van der Waals surface area contributed by atoms with Crippen LogP contribution >= 0.6 is 0 Å². The molecule has 0 unspecified atom stereocenters. The highest BCUT2D eigenvalue weighted by Gasteiger charge is 2.19. The van der Waals surface area contributed by atoms with E-state index in [1.807, 2.05) is 24.3 Å². The Kier molecular flexibility index (Phi) is 7.78. The van der Waals surface area contributed by atoms with Crippen LogP contribution < -0.4 is 0 Å². The highest BCUT2D eigenvalue weighted by molar-refractivity contribution is 6.20. The van der Waals surface area contributed by atoms with Crippen molar-refractivity contribution < 1.29 is 0 Å². The van der Waals surface area contributed by atoms with Crippen molar-refractivity contribution in [3.05, 3.63) is 206 Å². The number of benzene rings is 8. The van der Waals surface area contributed by atoms with Crippen LogP contribution in [0.3, 0.4) is 0 Å². The fourth-order valence-electron chi connectivity index (χ4n) is 8.24. The molecule has 0 aliphatic heterocycles. The van der Waals surface area contributed by atoms with Crippen LogP contribution in [0.15, 0.2) is 206 Å². The molecule has 0 amide bonds. The third-order valence-electron chi connectivity index (χ3n) is 11.0. The van der Waals surface area contributed by atoms with Crippen molar-refractivity contribution in [2.45, 2.75) is 0 Å². The molecule has 0 fully saturated rings. The van der Waals surface area contributed by atoms with Gasteiger partial charge < -0.3 is 4.57 Å². The summed E-state index contributed by atoms with van der Waals surface area (Å²) in [7, 11) is 0. The second-order valence-electron chi connectivity index (χ2n) is 14.4. The van der Waals surface area contributed by atoms with Crippen molar-refractivity contribution in [1.29, 1.82) is 0 Å². The summed E-state index contributed by atoms with van der Waals surface area (Å²) in [5.41, 5.74) is 13.6. The second kappa shape index (κ2) is 13.6. The molecule has 0 bridgehead atoms. The van der Waals surface area contributed by atoms with E-state index in [4.69, 9.17) is 15.0 Å². The monoisotopic (exact) mass is 726 g/mol. The van der Waals surface area contributed by atoms with Gasteiger partial charge in [-0.1, -0.05) is 152 Å².